The van der Waals surface area contributed by atoms with E-state index < -0.39 is 0 Å². The van der Waals surface area contributed by atoms with E-state index >= 15 is 0 Å². The van der Waals surface area contributed by atoms with Crippen LogP contribution in [0.2, 0.25) is 0 Å². The average molecular weight is 199 g/mol. The summed E-state index contributed by atoms with van der Waals surface area (Å²) in [5.41, 5.74) is 0. The zero-order valence-corrected chi connectivity index (χ0v) is 9.16. The van der Waals surface area contributed by atoms with Crippen LogP contribution in [0.3, 0.4) is 0 Å². The van der Waals surface area contributed by atoms with Crippen molar-refractivity contribution in [3.05, 3.63) is 0 Å². The molecule has 2 aliphatic rings. The Morgan fingerprint density at radius 2 is 2.00 bits per heavy atom. The van der Waals surface area contributed by atoms with Gasteiger partial charge in [-0.15, -0.1) is 0 Å². The Morgan fingerprint density at radius 1 is 1.21 bits per heavy atom. The molecule has 14 heavy (non-hydrogen) atoms. The summed E-state index contributed by atoms with van der Waals surface area (Å²) >= 11 is 0. The van der Waals surface area contributed by atoms with Crippen LogP contribution in [-0.2, 0) is 9.47 Å². The van der Waals surface area contributed by atoms with Crippen molar-refractivity contribution < 1.29 is 9.47 Å². The first-order valence-corrected chi connectivity index (χ1v) is 5.71. The minimum Gasteiger partial charge on any atom is -0.378 e. The molecule has 0 amide bonds. The first-order chi connectivity index (χ1) is 6.75. The van der Waals surface area contributed by atoms with Gasteiger partial charge < -0.3 is 14.8 Å². The van der Waals surface area contributed by atoms with Gasteiger partial charge in [0.15, 0.2) is 0 Å². The van der Waals surface area contributed by atoms with Crippen LogP contribution in [0.1, 0.15) is 26.7 Å². The van der Waals surface area contributed by atoms with Gasteiger partial charge in [-0.1, -0.05) is 13.8 Å². The first kappa shape index (κ1) is 10.4. The highest BCUT2D eigenvalue weighted by Gasteiger charge is 2.28. The number of hydrogen-bond donors (Lipinski definition) is 1. The molecule has 82 valence electrons. The summed E-state index contributed by atoms with van der Waals surface area (Å²) in [7, 11) is 0. The van der Waals surface area contributed by atoms with Crippen molar-refractivity contribution in [3.63, 3.8) is 0 Å². The number of rotatable bonds is 3. The van der Waals surface area contributed by atoms with Crippen molar-refractivity contribution in [3.8, 4) is 0 Å². The standard InChI is InChI=1S/C11H21NO2/c1-8(2)11-5-9(3-4-14-11)12-10-6-13-7-10/h8-12H,3-7H2,1-2H3. The largest absolute Gasteiger partial charge is 0.378 e. The molecule has 2 aliphatic heterocycles. The molecule has 0 aliphatic carbocycles. The average Bonchev–Trinajstić information content (AvgIpc) is 2.12. The normalized spacial score (nSPS) is 34.5. The third-order valence-corrected chi connectivity index (χ3v) is 3.17. The molecule has 2 atom stereocenters. The van der Waals surface area contributed by atoms with Crippen molar-refractivity contribution >= 4 is 0 Å². The highest BCUT2D eigenvalue weighted by Crippen LogP contribution is 2.21. The lowest BCUT2D eigenvalue weighted by atomic mass is 9.95. The summed E-state index contributed by atoms with van der Waals surface area (Å²) in [6, 6.07) is 1.25. The SMILES string of the molecule is CC(C)C1CC(NC2COC2)CCO1. The molecule has 0 aromatic rings. The van der Waals surface area contributed by atoms with Crippen molar-refractivity contribution in [2.24, 2.45) is 5.92 Å². The predicted molar refractivity (Wildman–Crippen MR) is 55.3 cm³/mol. The van der Waals surface area contributed by atoms with Crippen LogP contribution in [0.25, 0.3) is 0 Å². The van der Waals surface area contributed by atoms with Crippen LogP contribution in [0, 0.1) is 5.92 Å². The highest BCUT2D eigenvalue weighted by molar-refractivity contribution is 4.83. The molecule has 0 aromatic carbocycles. The molecule has 2 saturated heterocycles. The molecule has 2 rings (SSSR count). The number of ether oxygens (including phenoxy) is 2. The molecule has 0 radical (unpaired) electrons. The maximum atomic E-state index is 5.73. The van der Waals surface area contributed by atoms with E-state index in [1.807, 2.05) is 0 Å². The second kappa shape index (κ2) is 4.60. The maximum Gasteiger partial charge on any atom is 0.0643 e. The topological polar surface area (TPSA) is 30.5 Å². The van der Waals surface area contributed by atoms with Gasteiger partial charge in [0.25, 0.3) is 0 Å². The van der Waals surface area contributed by atoms with Gasteiger partial charge in [0, 0.05) is 12.6 Å². The van der Waals surface area contributed by atoms with Gasteiger partial charge in [-0.3, -0.25) is 0 Å². The summed E-state index contributed by atoms with van der Waals surface area (Å²) in [6.07, 6.45) is 2.76. The van der Waals surface area contributed by atoms with E-state index in [0.29, 0.717) is 24.1 Å². The Hall–Kier alpha value is -0.120. The molecule has 0 bridgehead atoms. The van der Waals surface area contributed by atoms with Gasteiger partial charge in [-0.2, -0.15) is 0 Å². The molecule has 0 saturated carbocycles. The lowest BCUT2D eigenvalue weighted by Gasteiger charge is -2.37. The fourth-order valence-corrected chi connectivity index (χ4v) is 2.11. The smallest absolute Gasteiger partial charge is 0.0643 e. The van der Waals surface area contributed by atoms with E-state index in [1.54, 1.807) is 0 Å². The van der Waals surface area contributed by atoms with E-state index in [1.165, 1.54) is 0 Å². The Balaban J connectivity index is 1.75. The fourth-order valence-electron chi connectivity index (χ4n) is 2.11. The summed E-state index contributed by atoms with van der Waals surface area (Å²) in [5, 5.41) is 3.64. The quantitative estimate of drug-likeness (QED) is 0.740. The van der Waals surface area contributed by atoms with Gasteiger partial charge >= 0.3 is 0 Å². The maximum absolute atomic E-state index is 5.73. The molecule has 1 N–H and O–H groups in total. The van der Waals surface area contributed by atoms with Gasteiger partial charge in [-0.05, 0) is 18.8 Å². The zero-order chi connectivity index (χ0) is 9.97. The summed E-state index contributed by atoms with van der Waals surface area (Å²) in [4.78, 5) is 0. The van der Waals surface area contributed by atoms with Crippen LogP contribution < -0.4 is 5.32 Å². The minimum absolute atomic E-state index is 0.447. The molecule has 3 heteroatoms. The van der Waals surface area contributed by atoms with Crippen LogP contribution >= 0.6 is 0 Å². The van der Waals surface area contributed by atoms with Crippen molar-refractivity contribution in [2.75, 3.05) is 19.8 Å². The summed E-state index contributed by atoms with van der Waals surface area (Å²) < 4.78 is 10.9. The second-order valence-corrected chi connectivity index (χ2v) is 4.78. The monoisotopic (exact) mass is 199 g/mol. The third-order valence-electron chi connectivity index (χ3n) is 3.17. The van der Waals surface area contributed by atoms with E-state index in [0.717, 1.165) is 32.7 Å². The van der Waals surface area contributed by atoms with Crippen LogP contribution in [0.15, 0.2) is 0 Å². The van der Waals surface area contributed by atoms with Gasteiger partial charge in [0.1, 0.15) is 0 Å². The van der Waals surface area contributed by atoms with Crippen molar-refractivity contribution in [2.45, 2.75) is 44.9 Å². The van der Waals surface area contributed by atoms with E-state index in [4.69, 9.17) is 9.47 Å². The Morgan fingerprint density at radius 3 is 2.57 bits per heavy atom. The van der Waals surface area contributed by atoms with E-state index in [-0.39, 0.29) is 0 Å². The van der Waals surface area contributed by atoms with E-state index in [9.17, 15) is 0 Å². The third kappa shape index (κ3) is 2.47. The van der Waals surface area contributed by atoms with Crippen molar-refractivity contribution in [1.29, 1.82) is 0 Å². The summed E-state index contributed by atoms with van der Waals surface area (Å²) in [5.74, 6) is 0.636. The lowest BCUT2D eigenvalue weighted by Crippen LogP contribution is -2.53. The Labute approximate surface area is 86.2 Å². The highest BCUT2D eigenvalue weighted by atomic mass is 16.5. The molecule has 3 nitrogen and oxygen atoms in total. The fraction of sp³-hybridized carbons (Fsp3) is 1.00. The second-order valence-electron chi connectivity index (χ2n) is 4.78. The molecular weight excluding hydrogens is 178 g/mol. The molecule has 2 unspecified atom stereocenters. The van der Waals surface area contributed by atoms with Gasteiger partial charge in [-0.25, -0.2) is 0 Å². The van der Waals surface area contributed by atoms with Gasteiger partial charge in [0.2, 0.25) is 0 Å². The van der Waals surface area contributed by atoms with Crippen LogP contribution in [0.5, 0.6) is 0 Å². The lowest BCUT2D eigenvalue weighted by molar-refractivity contribution is -0.0475. The molecule has 0 spiro atoms. The molecular formula is C11H21NO2. The van der Waals surface area contributed by atoms with Crippen LogP contribution in [-0.4, -0.2) is 38.0 Å². The Kier molecular flexibility index (Phi) is 3.42. The zero-order valence-electron chi connectivity index (χ0n) is 9.16. The van der Waals surface area contributed by atoms with Crippen LogP contribution in [0.4, 0.5) is 0 Å². The number of nitrogens with one attached hydrogen (secondary N) is 1. The number of hydrogen-bond acceptors (Lipinski definition) is 3. The summed E-state index contributed by atoms with van der Waals surface area (Å²) in [6.45, 7) is 7.17. The minimum atomic E-state index is 0.447. The Bertz CT molecular complexity index is 180. The van der Waals surface area contributed by atoms with Gasteiger partial charge in [0.05, 0.1) is 25.4 Å². The van der Waals surface area contributed by atoms with E-state index in [2.05, 4.69) is 19.2 Å². The van der Waals surface area contributed by atoms with Crippen molar-refractivity contribution in [1.82, 2.24) is 5.32 Å². The molecule has 0 aromatic heterocycles. The molecule has 2 heterocycles. The first-order valence-electron chi connectivity index (χ1n) is 5.71. The molecule has 2 fully saturated rings. The predicted octanol–water partition coefficient (Wildman–Crippen LogP) is 1.18.